The Balaban J connectivity index is 1.21. The SMILES string of the molecule is COc1cc(O)ccc1CN1CCC[C@@H]1CNC(=S)N1Cc2ccccc2C[C@H]1CNC(=O)Nc1ccccc1. The zero-order chi connectivity index (χ0) is 27.9. The number of carbonyl (C=O) groups is 1. The lowest BCUT2D eigenvalue weighted by atomic mass is 9.94. The number of rotatable bonds is 8. The van der Waals surface area contributed by atoms with Crippen LogP contribution in [0.25, 0.3) is 0 Å². The molecule has 2 heterocycles. The average Bonchev–Trinajstić information content (AvgIpc) is 3.42. The van der Waals surface area contributed by atoms with Gasteiger partial charge in [0.2, 0.25) is 0 Å². The first-order valence-electron chi connectivity index (χ1n) is 13.8. The number of urea groups is 1. The third kappa shape index (κ3) is 6.84. The van der Waals surface area contributed by atoms with E-state index in [0.717, 1.165) is 50.1 Å². The number of para-hydroxylation sites is 1. The van der Waals surface area contributed by atoms with Crippen molar-refractivity contribution in [3.63, 3.8) is 0 Å². The van der Waals surface area contributed by atoms with Crippen LogP contribution in [0.3, 0.4) is 0 Å². The van der Waals surface area contributed by atoms with E-state index >= 15 is 0 Å². The summed E-state index contributed by atoms with van der Waals surface area (Å²) in [5, 5.41) is 20.0. The van der Waals surface area contributed by atoms with Gasteiger partial charge in [0.15, 0.2) is 5.11 Å². The lowest BCUT2D eigenvalue weighted by molar-refractivity contribution is 0.231. The summed E-state index contributed by atoms with van der Waals surface area (Å²) in [7, 11) is 1.63. The largest absolute Gasteiger partial charge is 0.508 e. The summed E-state index contributed by atoms with van der Waals surface area (Å²) < 4.78 is 5.50. The summed E-state index contributed by atoms with van der Waals surface area (Å²) in [5.74, 6) is 0.906. The van der Waals surface area contributed by atoms with Crippen molar-refractivity contribution in [2.24, 2.45) is 0 Å². The lowest BCUT2D eigenvalue weighted by Crippen LogP contribution is -2.54. The number of benzene rings is 3. The number of anilines is 1. The topological polar surface area (TPSA) is 89.1 Å². The van der Waals surface area contributed by atoms with E-state index in [0.29, 0.717) is 30.0 Å². The number of thiocarbonyl (C=S) groups is 1. The van der Waals surface area contributed by atoms with Crippen molar-refractivity contribution in [2.45, 2.75) is 44.4 Å². The molecule has 2 amide bonds. The maximum atomic E-state index is 12.6. The molecule has 40 heavy (non-hydrogen) atoms. The zero-order valence-corrected chi connectivity index (χ0v) is 23.6. The summed E-state index contributed by atoms with van der Waals surface area (Å²) >= 11 is 5.94. The Bertz CT molecular complexity index is 1320. The molecule has 210 valence electrons. The fourth-order valence-corrected chi connectivity index (χ4v) is 5.94. The van der Waals surface area contributed by atoms with Gasteiger partial charge in [-0.05, 0) is 67.4 Å². The molecule has 2 atom stereocenters. The number of methoxy groups -OCH3 is 1. The Morgan fingerprint density at radius 1 is 1.00 bits per heavy atom. The minimum absolute atomic E-state index is 0.0392. The molecule has 4 N–H and O–H groups in total. The lowest BCUT2D eigenvalue weighted by Gasteiger charge is -2.39. The Kier molecular flexibility index (Phi) is 9.03. The van der Waals surface area contributed by atoms with Crippen LogP contribution in [0, 0.1) is 0 Å². The number of nitrogens with zero attached hydrogens (tertiary/aromatic N) is 2. The van der Waals surface area contributed by atoms with Crippen molar-refractivity contribution in [2.75, 3.05) is 32.1 Å². The van der Waals surface area contributed by atoms with Gasteiger partial charge in [-0.3, -0.25) is 4.90 Å². The molecule has 0 aliphatic carbocycles. The fraction of sp³-hybridized carbons (Fsp3) is 0.355. The highest BCUT2D eigenvalue weighted by Crippen LogP contribution is 2.28. The number of hydrogen-bond acceptors (Lipinski definition) is 5. The highest BCUT2D eigenvalue weighted by molar-refractivity contribution is 7.80. The monoisotopic (exact) mass is 559 g/mol. The number of amides is 2. The fourth-order valence-electron chi connectivity index (χ4n) is 5.64. The average molecular weight is 560 g/mol. The first kappa shape index (κ1) is 27.7. The third-order valence-corrected chi connectivity index (χ3v) is 8.16. The zero-order valence-electron chi connectivity index (χ0n) is 22.8. The normalized spacial score (nSPS) is 18.6. The van der Waals surface area contributed by atoms with Crippen LogP contribution in [0.1, 0.15) is 29.5 Å². The van der Waals surface area contributed by atoms with Gasteiger partial charge < -0.3 is 30.7 Å². The molecule has 1 saturated heterocycles. The van der Waals surface area contributed by atoms with E-state index in [9.17, 15) is 9.90 Å². The number of nitrogens with one attached hydrogen (secondary N) is 3. The van der Waals surface area contributed by atoms with E-state index < -0.39 is 0 Å². The molecule has 0 saturated carbocycles. The van der Waals surface area contributed by atoms with Gasteiger partial charge in [-0.25, -0.2) is 4.79 Å². The number of carbonyl (C=O) groups excluding carboxylic acids is 1. The van der Waals surface area contributed by atoms with Crippen molar-refractivity contribution in [1.82, 2.24) is 20.4 Å². The first-order chi connectivity index (χ1) is 19.5. The Morgan fingerprint density at radius 3 is 2.55 bits per heavy atom. The predicted molar refractivity (Wildman–Crippen MR) is 162 cm³/mol. The van der Waals surface area contributed by atoms with Crippen LogP contribution in [0.5, 0.6) is 11.5 Å². The molecule has 0 unspecified atom stereocenters. The van der Waals surface area contributed by atoms with Gasteiger partial charge in [-0.15, -0.1) is 0 Å². The maximum absolute atomic E-state index is 12.6. The Morgan fingerprint density at radius 2 is 1.75 bits per heavy atom. The minimum atomic E-state index is -0.227. The molecule has 3 aromatic carbocycles. The van der Waals surface area contributed by atoms with Gasteiger partial charge in [0.05, 0.1) is 13.2 Å². The van der Waals surface area contributed by atoms with E-state index in [1.165, 1.54) is 11.1 Å². The van der Waals surface area contributed by atoms with Gasteiger partial charge in [0, 0.05) is 49.5 Å². The van der Waals surface area contributed by atoms with E-state index in [-0.39, 0.29) is 17.8 Å². The number of hydrogen-bond donors (Lipinski definition) is 4. The number of aromatic hydroxyl groups is 1. The summed E-state index contributed by atoms with van der Waals surface area (Å²) in [5.41, 5.74) is 4.37. The predicted octanol–water partition coefficient (Wildman–Crippen LogP) is 4.49. The van der Waals surface area contributed by atoms with Crippen LogP contribution in [-0.4, -0.2) is 64.9 Å². The highest BCUT2D eigenvalue weighted by Gasteiger charge is 2.30. The molecule has 0 aromatic heterocycles. The molecule has 8 nitrogen and oxygen atoms in total. The number of phenolic OH excluding ortho intramolecular Hbond substituents is 1. The van der Waals surface area contributed by atoms with E-state index in [4.69, 9.17) is 17.0 Å². The van der Waals surface area contributed by atoms with Crippen molar-refractivity contribution >= 4 is 29.0 Å². The first-order valence-corrected chi connectivity index (χ1v) is 14.2. The second-order valence-electron chi connectivity index (χ2n) is 10.4. The minimum Gasteiger partial charge on any atom is -0.508 e. The highest BCUT2D eigenvalue weighted by atomic mass is 32.1. The van der Waals surface area contributed by atoms with Gasteiger partial charge in [-0.2, -0.15) is 0 Å². The van der Waals surface area contributed by atoms with Crippen molar-refractivity contribution in [3.05, 3.63) is 89.5 Å². The number of fused-ring (bicyclic) bond motifs is 1. The maximum Gasteiger partial charge on any atom is 0.319 e. The van der Waals surface area contributed by atoms with Gasteiger partial charge in [-0.1, -0.05) is 48.5 Å². The van der Waals surface area contributed by atoms with Crippen molar-refractivity contribution in [1.29, 1.82) is 0 Å². The van der Waals surface area contributed by atoms with Gasteiger partial charge in [0.1, 0.15) is 11.5 Å². The van der Waals surface area contributed by atoms with Crippen LogP contribution in [0.4, 0.5) is 10.5 Å². The molecule has 2 aliphatic heterocycles. The van der Waals surface area contributed by atoms with E-state index in [1.807, 2.05) is 36.4 Å². The molecule has 2 aliphatic rings. The summed E-state index contributed by atoms with van der Waals surface area (Å²) in [6.45, 7) is 3.68. The molecular weight excluding hydrogens is 522 g/mol. The van der Waals surface area contributed by atoms with Crippen molar-refractivity contribution in [3.8, 4) is 11.5 Å². The van der Waals surface area contributed by atoms with Crippen molar-refractivity contribution < 1.29 is 14.6 Å². The van der Waals surface area contributed by atoms with Crippen LogP contribution in [-0.2, 0) is 19.5 Å². The molecule has 9 heteroatoms. The molecule has 0 radical (unpaired) electrons. The van der Waals surface area contributed by atoms with Crippen LogP contribution in [0.2, 0.25) is 0 Å². The molecule has 0 spiro atoms. The smallest absolute Gasteiger partial charge is 0.319 e. The standard InChI is InChI=1S/C31H37N5O3S/c1-39-29-17-28(37)14-13-24(29)20-35-15-7-12-26(35)18-33-31(40)36-21-23-9-6-5-8-22(23)16-27(36)19-32-30(38)34-25-10-3-2-4-11-25/h2-6,8-11,13-14,17,26-27,37H,7,12,15-16,18-21H2,1H3,(H,33,40)(H2,32,34,38)/t26-,27+/m1/s1. The quantitative estimate of drug-likeness (QED) is 0.303. The molecule has 3 aromatic rings. The van der Waals surface area contributed by atoms with E-state index in [2.05, 4.69) is 50.0 Å². The molecule has 1 fully saturated rings. The van der Waals surface area contributed by atoms with Crippen LogP contribution >= 0.6 is 12.2 Å². The van der Waals surface area contributed by atoms with Gasteiger partial charge >= 0.3 is 6.03 Å². The summed E-state index contributed by atoms with van der Waals surface area (Å²) in [6.07, 6.45) is 3.02. The second kappa shape index (κ2) is 13.0. The van der Waals surface area contributed by atoms with Crippen LogP contribution < -0.4 is 20.7 Å². The summed E-state index contributed by atoms with van der Waals surface area (Å²) in [6, 6.07) is 23.3. The van der Waals surface area contributed by atoms with Gasteiger partial charge in [0.25, 0.3) is 0 Å². The third-order valence-electron chi connectivity index (χ3n) is 7.78. The molecule has 0 bridgehead atoms. The number of likely N-dealkylation sites (tertiary alicyclic amines) is 1. The van der Waals surface area contributed by atoms with Crippen LogP contribution in [0.15, 0.2) is 72.8 Å². The Labute approximate surface area is 241 Å². The number of ether oxygens (including phenoxy) is 1. The number of phenols is 1. The summed E-state index contributed by atoms with van der Waals surface area (Å²) in [4.78, 5) is 17.3. The molecular formula is C31H37N5O3S. The Hall–Kier alpha value is -3.82. The van der Waals surface area contributed by atoms with E-state index in [1.54, 1.807) is 19.2 Å². The molecule has 5 rings (SSSR count). The second-order valence-corrected chi connectivity index (χ2v) is 10.8.